The lowest BCUT2D eigenvalue weighted by Gasteiger charge is -1.87. The highest BCUT2D eigenvalue weighted by Crippen LogP contribution is 2.24. The number of carbonyl (C=O) groups excluding carboxylic acids is 1. The van der Waals surface area contributed by atoms with Crippen molar-refractivity contribution in [2.24, 2.45) is 0 Å². The average Bonchev–Trinajstić information content (AvgIpc) is 2.33. The van der Waals surface area contributed by atoms with Crippen molar-refractivity contribution >= 4 is 29.0 Å². The molecule has 0 N–H and O–H groups in total. The van der Waals surface area contributed by atoms with Crippen LogP contribution in [-0.4, -0.2) is 10.9 Å². The van der Waals surface area contributed by atoms with E-state index in [4.69, 9.17) is 23.2 Å². The molecular weight excluding hydrogens is 189 g/mol. The van der Waals surface area contributed by atoms with Crippen LogP contribution >= 0.6 is 23.2 Å². The van der Waals surface area contributed by atoms with Gasteiger partial charge >= 0.3 is 0 Å². The zero-order valence-electron chi connectivity index (χ0n) is 5.67. The maximum absolute atomic E-state index is 10.7. The fourth-order valence-corrected chi connectivity index (χ4v) is 0.764. The molecule has 1 rings (SSSR count). The Morgan fingerprint density at radius 3 is 2.64 bits per heavy atom. The van der Waals surface area contributed by atoms with E-state index in [0.717, 1.165) is 0 Å². The van der Waals surface area contributed by atoms with Gasteiger partial charge in [0.2, 0.25) is 0 Å². The van der Waals surface area contributed by atoms with Gasteiger partial charge in [0.1, 0.15) is 5.69 Å². The summed E-state index contributed by atoms with van der Waals surface area (Å²) >= 11 is 10.9. The van der Waals surface area contributed by atoms with E-state index in [1.54, 1.807) is 0 Å². The number of Topliss-reactive ketones (excluding diaryl/α,β-unsaturated/α-hetero) is 1. The second-order valence-electron chi connectivity index (χ2n) is 1.97. The summed E-state index contributed by atoms with van der Waals surface area (Å²) in [6.07, 6.45) is 0. The van der Waals surface area contributed by atoms with Crippen molar-refractivity contribution in [1.29, 1.82) is 0 Å². The minimum atomic E-state index is -0.768. The van der Waals surface area contributed by atoms with Crippen LogP contribution in [0.3, 0.4) is 0 Å². The van der Waals surface area contributed by atoms with Crippen molar-refractivity contribution < 1.29 is 9.32 Å². The second-order valence-corrected chi connectivity index (χ2v) is 3.07. The van der Waals surface area contributed by atoms with Crippen LogP contribution in [0.1, 0.15) is 28.0 Å². The third kappa shape index (κ3) is 1.94. The van der Waals surface area contributed by atoms with Gasteiger partial charge in [0.15, 0.2) is 16.4 Å². The minimum absolute atomic E-state index is 0.172. The molecule has 3 nitrogen and oxygen atoms in total. The predicted molar refractivity (Wildman–Crippen MR) is 41.0 cm³/mol. The molecule has 0 aliphatic heterocycles. The van der Waals surface area contributed by atoms with Crippen molar-refractivity contribution in [3.05, 3.63) is 17.5 Å². The van der Waals surface area contributed by atoms with Gasteiger partial charge in [-0.15, -0.1) is 0 Å². The van der Waals surface area contributed by atoms with E-state index < -0.39 is 4.84 Å². The Kier molecular flexibility index (Phi) is 2.52. The Balaban J connectivity index is 2.90. The summed E-state index contributed by atoms with van der Waals surface area (Å²) in [5.74, 6) is 0.118. The van der Waals surface area contributed by atoms with Crippen molar-refractivity contribution in [3.63, 3.8) is 0 Å². The summed E-state index contributed by atoms with van der Waals surface area (Å²) in [5, 5.41) is 3.44. The van der Waals surface area contributed by atoms with Gasteiger partial charge in [-0.1, -0.05) is 28.4 Å². The normalized spacial score (nSPS) is 10.5. The molecule has 0 amide bonds. The first-order valence-electron chi connectivity index (χ1n) is 2.87. The Morgan fingerprint density at radius 1 is 1.73 bits per heavy atom. The highest BCUT2D eigenvalue weighted by atomic mass is 35.5. The van der Waals surface area contributed by atoms with Gasteiger partial charge < -0.3 is 4.52 Å². The molecule has 0 bridgehead atoms. The Morgan fingerprint density at radius 2 is 2.36 bits per heavy atom. The van der Waals surface area contributed by atoms with Crippen LogP contribution in [0.25, 0.3) is 0 Å². The number of hydrogen-bond donors (Lipinski definition) is 0. The van der Waals surface area contributed by atoms with Gasteiger partial charge in [-0.2, -0.15) is 0 Å². The van der Waals surface area contributed by atoms with Crippen LogP contribution in [0.2, 0.25) is 0 Å². The number of nitrogens with zero attached hydrogens (tertiary/aromatic N) is 1. The smallest absolute Gasteiger partial charge is 0.181 e. The molecule has 1 aromatic rings. The first kappa shape index (κ1) is 8.56. The lowest BCUT2D eigenvalue weighted by atomic mass is 10.3. The number of rotatable bonds is 2. The summed E-state index contributed by atoms with van der Waals surface area (Å²) in [4.78, 5) is 9.90. The molecule has 0 aliphatic rings. The predicted octanol–water partition coefficient (Wildman–Crippen LogP) is 2.35. The molecule has 1 heterocycles. The van der Waals surface area contributed by atoms with Gasteiger partial charge in [0.25, 0.3) is 0 Å². The summed E-state index contributed by atoms with van der Waals surface area (Å²) in [5.41, 5.74) is 0.242. The second kappa shape index (κ2) is 3.24. The Hall–Kier alpha value is -0.540. The van der Waals surface area contributed by atoms with Gasteiger partial charge in [-0.05, 0) is 0 Å². The van der Waals surface area contributed by atoms with E-state index in [2.05, 4.69) is 9.68 Å². The fourth-order valence-electron chi connectivity index (χ4n) is 0.558. The van der Waals surface area contributed by atoms with Gasteiger partial charge in [0.05, 0.1) is 0 Å². The van der Waals surface area contributed by atoms with Crippen LogP contribution in [-0.2, 0) is 0 Å². The molecule has 0 aliphatic carbocycles. The molecule has 0 aromatic carbocycles. The molecular formula is C6H5Cl2NO2. The highest BCUT2D eigenvalue weighted by molar-refractivity contribution is 6.43. The van der Waals surface area contributed by atoms with Crippen molar-refractivity contribution in [3.8, 4) is 0 Å². The number of carbonyl (C=O) groups is 1. The molecule has 0 atom stereocenters. The summed E-state index contributed by atoms with van der Waals surface area (Å²) in [6.45, 7) is 1.39. The minimum Gasteiger partial charge on any atom is -0.358 e. The Labute approximate surface area is 73.3 Å². The van der Waals surface area contributed by atoms with E-state index in [1.165, 1.54) is 13.0 Å². The number of alkyl halides is 2. The number of ketones is 1. The molecule has 0 unspecified atom stereocenters. The molecule has 0 radical (unpaired) electrons. The molecule has 11 heavy (non-hydrogen) atoms. The zero-order chi connectivity index (χ0) is 8.43. The number of hydrogen-bond acceptors (Lipinski definition) is 3. The average molecular weight is 194 g/mol. The van der Waals surface area contributed by atoms with Crippen LogP contribution in [0, 0.1) is 0 Å². The van der Waals surface area contributed by atoms with Crippen molar-refractivity contribution in [2.75, 3.05) is 0 Å². The first-order valence-corrected chi connectivity index (χ1v) is 3.74. The monoisotopic (exact) mass is 193 g/mol. The summed E-state index contributed by atoms with van der Waals surface area (Å²) in [6, 6.07) is 1.42. The zero-order valence-corrected chi connectivity index (χ0v) is 7.19. The van der Waals surface area contributed by atoms with Crippen molar-refractivity contribution in [1.82, 2.24) is 5.16 Å². The van der Waals surface area contributed by atoms with Gasteiger partial charge in [-0.25, -0.2) is 0 Å². The van der Waals surface area contributed by atoms with E-state index in [0.29, 0.717) is 5.76 Å². The van der Waals surface area contributed by atoms with E-state index in [1.807, 2.05) is 0 Å². The summed E-state index contributed by atoms with van der Waals surface area (Å²) in [7, 11) is 0. The maximum atomic E-state index is 10.7. The molecule has 5 heteroatoms. The van der Waals surface area contributed by atoms with E-state index in [-0.39, 0.29) is 11.5 Å². The molecule has 0 fully saturated rings. The lowest BCUT2D eigenvalue weighted by molar-refractivity contribution is 0.100. The van der Waals surface area contributed by atoms with Crippen LogP contribution in [0.4, 0.5) is 0 Å². The number of halogens is 2. The number of aromatic nitrogens is 1. The molecule has 0 saturated heterocycles. The largest absolute Gasteiger partial charge is 0.358 e. The molecule has 0 spiro atoms. The van der Waals surface area contributed by atoms with Gasteiger partial charge in [0, 0.05) is 13.0 Å². The quantitative estimate of drug-likeness (QED) is 0.536. The van der Waals surface area contributed by atoms with Crippen molar-refractivity contribution in [2.45, 2.75) is 11.8 Å². The molecule has 1 aromatic heterocycles. The molecule has 60 valence electrons. The third-order valence-corrected chi connectivity index (χ3v) is 1.53. The topological polar surface area (TPSA) is 43.1 Å². The van der Waals surface area contributed by atoms with Crippen LogP contribution in [0.5, 0.6) is 0 Å². The van der Waals surface area contributed by atoms with E-state index >= 15 is 0 Å². The lowest BCUT2D eigenvalue weighted by Crippen LogP contribution is -1.89. The molecule has 0 saturated carbocycles. The van der Waals surface area contributed by atoms with E-state index in [9.17, 15) is 4.79 Å². The maximum Gasteiger partial charge on any atom is 0.181 e. The van der Waals surface area contributed by atoms with Crippen LogP contribution in [0.15, 0.2) is 10.6 Å². The fraction of sp³-hybridized carbons (Fsp3) is 0.333. The Bertz CT molecular complexity index is 269. The standard InChI is InChI=1S/C6H5Cl2NO2/c1-3(10)4-2-5(6(7)8)11-9-4/h2,6H,1H3. The van der Waals surface area contributed by atoms with Gasteiger partial charge in [-0.3, -0.25) is 4.79 Å². The highest BCUT2D eigenvalue weighted by Gasteiger charge is 2.12. The summed E-state index contributed by atoms with van der Waals surface area (Å²) < 4.78 is 4.65. The third-order valence-electron chi connectivity index (χ3n) is 1.10. The van der Waals surface area contributed by atoms with Crippen LogP contribution < -0.4 is 0 Å². The SMILES string of the molecule is CC(=O)c1cc(C(Cl)Cl)on1. The first-order chi connectivity index (χ1) is 5.11.